The fourth-order valence-corrected chi connectivity index (χ4v) is 3.45. The van der Waals surface area contributed by atoms with Crippen LogP contribution in [-0.4, -0.2) is 81.7 Å². The van der Waals surface area contributed by atoms with Crippen molar-refractivity contribution < 1.29 is 18.0 Å². The molecule has 1 heterocycles. The number of rotatable bonds is 6. The van der Waals surface area contributed by atoms with Crippen LogP contribution in [0.4, 0.5) is 5.69 Å². The molecule has 1 aromatic rings. The second-order valence-corrected chi connectivity index (χ2v) is 7.72. The second-order valence-electron chi connectivity index (χ2n) is 5.65. The van der Waals surface area contributed by atoms with Gasteiger partial charge in [0.15, 0.2) is 0 Å². The van der Waals surface area contributed by atoms with Gasteiger partial charge in [-0.1, -0.05) is 18.2 Å². The molecule has 1 aliphatic rings. The Bertz CT molecular complexity index is 670. The van der Waals surface area contributed by atoms with E-state index in [9.17, 15) is 18.0 Å². The van der Waals surface area contributed by atoms with Crippen LogP contribution in [0.2, 0.25) is 0 Å². The molecule has 0 bridgehead atoms. The van der Waals surface area contributed by atoms with Gasteiger partial charge in [0.1, 0.15) is 6.54 Å². The van der Waals surface area contributed by atoms with E-state index in [0.717, 1.165) is 15.0 Å². The third-order valence-electron chi connectivity index (χ3n) is 3.88. The smallest absolute Gasteiger partial charge is 0.304 e. The van der Waals surface area contributed by atoms with Crippen molar-refractivity contribution in [1.82, 2.24) is 14.1 Å². The van der Waals surface area contributed by atoms with Crippen molar-refractivity contribution in [3.8, 4) is 0 Å². The summed E-state index contributed by atoms with van der Waals surface area (Å²) in [5.41, 5.74) is 0.436. The van der Waals surface area contributed by atoms with Crippen LogP contribution in [0, 0.1) is 0 Å². The van der Waals surface area contributed by atoms with Gasteiger partial charge in [-0.2, -0.15) is 12.7 Å². The summed E-state index contributed by atoms with van der Waals surface area (Å²) in [6.45, 7) is 1.46. The SMILES string of the molecule is CN(C)S(=O)(=O)N(CC(=O)N1CCN(C=O)CC1)c1ccccc1. The lowest BCUT2D eigenvalue weighted by molar-refractivity contribution is -0.133. The van der Waals surface area contributed by atoms with Gasteiger partial charge in [0.25, 0.3) is 0 Å². The van der Waals surface area contributed by atoms with Gasteiger partial charge in [0.2, 0.25) is 12.3 Å². The summed E-state index contributed by atoms with van der Waals surface area (Å²) in [5, 5.41) is 0. The Morgan fingerprint density at radius 1 is 1.12 bits per heavy atom. The minimum Gasteiger partial charge on any atom is -0.342 e. The Hall–Kier alpha value is -2.13. The van der Waals surface area contributed by atoms with Gasteiger partial charge in [-0.05, 0) is 12.1 Å². The van der Waals surface area contributed by atoms with Gasteiger partial charge >= 0.3 is 10.2 Å². The van der Waals surface area contributed by atoms with Crippen molar-refractivity contribution in [2.24, 2.45) is 0 Å². The highest BCUT2D eigenvalue weighted by molar-refractivity contribution is 7.90. The summed E-state index contributed by atoms with van der Waals surface area (Å²) in [4.78, 5) is 26.5. The van der Waals surface area contributed by atoms with E-state index in [0.29, 0.717) is 31.9 Å². The predicted octanol–water partition coefficient (Wildman–Crippen LogP) is -0.400. The van der Waals surface area contributed by atoms with E-state index in [4.69, 9.17) is 0 Å². The number of para-hydroxylation sites is 1. The summed E-state index contributed by atoms with van der Waals surface area (Å²) < 4.78 is 27.3. The maximum Gasteiger partial charge on any atom is 0.304 e. The van der Waals surface area contributed by atoms with Crippen LogP contribution < -0.4 is 4.31 Å². The van der Waals surface area contributed by atoms with Crippen molar-refractivity contribution in [3.05, 3.63) is 30.3 Å². The molecular weight excluding hydrogens is 332 g/mol. The summed E-state index contributed by atoms with van der Waals surface area (Å²) in [5.74, 6) is -0.283. The molecule has 2 rings (SSSR count). The van der Waals surface area contributed by atoms with Gasteiger partial charge in [-0.3, -0.25) is 9.59 Å². The predicted molar refractivity (Wildman–Crippen MR) is 90.6 cm³/mol. The van der Waals surface area contributed by atoms with E-state index in [1.165, 1.54) is 14.1 Å². The fraction of sp³-hybridized carbons (Fsp3) is 0.467. The Labute approximate surface area is 142 Å². The molecular formula is C15H22N4O4S. The molecule has 0 radical (unpaired) electrons. The number of benzene rings is 1. The van der Waals surface area contributed by atoms with Crippen LogP contribution in [0.5, 0.6) is 0 Å². The summed E-state index contributed by atoms with van der Waals surface area (Å²) in [6.07, 6.45) is 0.759. The van der Waals surface area contributed by atoms with Crippen LogP contribution in [0.15, 0.2) is 30.3 Å². The number of amides is 2. The van der Waals surface area contributed by atoms with E-state index in [-0.39, 0.29) is 12.5 Å². The van der Waals surface area contributed by atoms with Gasteiger partial charge in [-0.15, -0.1) is 0 Å². The van der Waals surface area contributed by atoms with Gasteiger partial charge in [0, 0.05) is 40.3 Å². The quantitative estimate of drug-likeness (QED) is 0.651. The summed E-state index contributed by atoms with van der Waals surface area (Å²) in [7, 11) is -0.930. The van der Waals surface area contributed by atoms with E-state index in [2.05, 4.69) is 0 Å². The normalized spacial score (nSPS) is 15.5. The number of hydrogen-bond acceptors (Lipinski definition) is 4. The second kappa shape index (κ2) is 7.63. The minimum absolute atomic E-state index is 0.272. The maximum atomic E-state index is 12.6. The van der Waals surface area contributed by atoms with Crippen LogP contribution >= 0.6 is 0 Å². The number of carbonyl (C=O) groups excluding carboxylic acids is 2. The average Bonchev–Trinajstić information content (AvgIpc) is 2.60. The third-order valence-corrected chi connectivity index (χ3v) is 5.70. The third kappa shape index (κ3) is 4.04. The largest absolute Gasteiger partial charge is 0.342 e. The van der Waals surface area contributed by atoms with Crippen molar-refractivity contribution in [2.45, 2.75) is 0 Å². The first-order chi connectivity index (χ1) is 11.4. The molecule has 0 aliphatic carbocycles. The standard InChI is InChI=1S/C15H22N4O4S/c1-16(2)24(22,23)19(14-6-4-3-5-7-14)12-15(21)18-10-8-17(13-20)9-11-18/h3-7,13H,8-12H2,1-2H3. The fourth-order valence-electron chi connectivity index (χ4n) is 2.40. The first kappa shape index (κ1) is 18.2. The van der Waals surface area contributed by atoms with Crippen molar-refractivity contribution in [2.75, 3.05) is 51.1 Å². The number of carbonyl (C=O) groups is 2. The molecule has 0 aromatic heterocycles. The van der Waals surface area contributed by atoms with Crippen molar-refractivity contribution >= 4 is 28.2 Å². The van der Waals surface area contributed by atoms with E-state index in [1.807, 2.05) is 0 Å². The van der Waals surface area contributed by atoms with Gasteiger partial charge in [-0.25, -0.2) is 4.31 Å². The molecule has 1 fully saturated rings. The Balaban J connectivity index is 2.17. The molecule has 2 amide bonds. The number of piperazine rings is 1. The van der Waals surface area contributed by atoms with Crippen molar-refractivity contribution in [3.63, 3.8) is 0 Å². The Morgan fingerprint density at radius 2 is 1.71 bits per heavy atom. The number of nitrogens with zero attached hydrogens (tertiary/aromatic N) is 4. The molecule has 0 atom stereocenters. The molecule has 132 valence electrons. The number of anilines is 1. The molecule has 0 spiro atoms. The summed E-state index contributed by atoms with van der Waals surface area (Å²) >= 11 is 0. The first-order valence-electron chi connectivity index (χ1n) is 7.58. The lowest BCUT2D eigenvalue weighted by Crippen LogP contribution is -2.52. The van der Waals surface area contributed by atoms with Gasteiger partial charge < -0.3 is 9.80 Å². The van der Waals surface area contributed by atoms with Crippen LogP contribution in [-0.2, 0) is 19.8 Å². The van der Waals surface area contributed by atoms with E-state index in [1.54, 1.807) is 40.1 Å². The highest BCUT2D eigenvalue weighted by Gasteiger charge is 2.30. The summed E-state index contributed by atoms with van der Waals surface area (Å²) in [6, 6.07) is 8.53. The lowest BCUT2D eigenvalue weighted by atomic mass is 10.3. The highest BCUT2D eigenvalue weighted by atomic mass is 32.2. The molecule has 0 N–H and O–H groups in total. The monoisotopic (exact) mass is 354 g/mol. The van der Waals surface area contributed by atoms with E-state index < -0.39 is 10.2 Å². The molecule has 9 heteroatoms. The highest BCUT2D eigenvalue weighted by Crippen LogP contribution is 2.19. The van der Waals surface area contributed by atoms with Crippen molar-refractivity contribution in [1.29, 1.82) is 0 Å². The van der Waals surface area contributed by atoms with Crippen LogP contribution in [0.1, 0.15) is 0 Å². The Kier molecular flexibility index (Phi) is 5.79. The molecule has 1 saturated heterocycles. The van der Waals surface area contributed by atoms with E-state index >= 15 is 0 Å². The molecule has 1 aliphatic heterocycles. The lowest BCUT2D eigenvalue weighted by Gasteiger charge is -2.34. The maximum absolute atomic E-state index is 12.6. The van der Waals surface area contributed by atoms with Crippen LogP contribution in [0.25, 0.3) is 0 Å². The minimum atomic E-state index is -3.79. The zero-order chi connectivity index (χ0) is 17.7. The first-order valence-corrected chi connectivity index (χ1v) is 8.98. The average molecular weight is 354 g/mol. The van der Waals surface area contributed by atoms with Crippen LogP contribution in [0.3, 0.4) is 0 Å². The van der Waals surface area contributed by atoms with Gasteiger partial charge in [0.05, 0.1) is 5.69 Å². The zero-order valence-corrected chi connectivity index (χ0v) is 14.6. The molecule has 24 heavy (non-hydrogen) atoms. The topological polar surface area (TPSA) is 81.2 Å². The molecule has 1 aromatic carbocycles. The zero-order valence-electron chi connectivity index (χ0n) is 13.8. The molecule has 8 nitrogen and oxygen atoms in total. The molecule has 0 unspecified atom stereocenters. The Morgan fingerprint density at radius 3 is 2.21 bits per heavy atom. The molecule has 0 saturated carbocycles. The number of hydrogen-bond donors (Lipinski definition) is 0.